The van der Waals surface area contributed by atoms with Gasteiger partial charge in [0.1, 0.15) is 23.2 Å². The highest BCUT2D eigenvalue weighted by atomic mass is 35.5. The molecule has 0 atom stereocenters. The number of amides is 1. The van der Waals surface area contributed by atoms with Crippen LogP contribution in [0, 0.1) is 11.2 Å². The van der Waals surface area contributed by atoms with Crippen LogP contribution in [0.5, 0.6) is 0 Å². The van der Waals surface area contributed by atoms with Crippen molar-refractivity contribution >= 4 is 52.0 Å². The highest BCUT2D eigenvalue weighted by molar-refractivity contribution is 8.17. The monoisotopic (exact) mass is 449 g/mol. The van der Waals surface area contributed by atoms with Crippen molar-refractivity contribution in [3.63, 3.8) is 0 Å². The van der Waals surface area contributed by atoms with Crippen molar-refractivity contribution in [1.29, 1.82) is 5.41 Å². The maximum atomic E-state index is 13.4. The van der Waals surface area contributed by atoms with Crippen molar-refractivity contribution in [3.8, 4) is 11.3 Å². The van der Waals surface area contributed by atoms with Crippen LogP contribution >= 0.6 is 23.4 Å². The van der Waals surface area contributed by atoms with Crippen molar-refractivity contribution in [2.45, 2.75) is 0 Å². The minimum absolute atomic E-state index is 0.00771. The summed E-state index contributed by atoms with van der Waals surface area (Å²) in [5.41, 5.74) is 2.43. The summed E-state index contributed by atoms with van der Waals surface area (Å²) in [6.45, 7) is 0. The molecule has 0 saturated heterocycles. The first kappa shape index (κ1) is 19.5. The van der Waals surface area contributed by atoms with Crippen molar-refractivity contribution in [2.24, 2.45) is 4.99 Å². The summed E-state index contributed by atoms with van der Waals surface area (Å²) in [4.78, 5) is 18.4. The molecule has 0 bridgehead atoms. The van der Waals surface area contributed by atoms with Crippen LogP contribution in [-0.4, -0.2) is 21.8 Å². The van der Waals surface area contributed by atoms with E-state index in [0.717, 1.165) is 11.3 Å². The Morgan fingerprint density at radius 1 is 1.10 bits per heavy atom. The minimum Gasteiger partial charge on any atom is -0.457 e. The number of fused-ring (bicyclic) bond motifs is 1. The van der Waals surface area contributed by atoms with Crippen LogP contribution in [0.3, 0.4) is 0 Å². The number of benzene rings is 2. The zero-order chi connectivity index (χ0) is 21.5. The van der Waals surface area contributed by atoms with Gasteiger partial charge in [-0.2, -0.15) is 4.99 Å². The van der Waals surface area contributed by atoms with Crippen LogP contribution in [-0.2, 0) is 4.79 Å². The molecule has 2 aliphatic heterocycles. The average molecular weight is 450 g/mol. The van der Waals surface area contributed by atoms with E-state index >= 15 is 0 Å². The second-order valence-electron chi connectivity index (χ2n) is 6.76. The van der Waals surface area contributed by atoms with E-state index in [0.29, 0.717) is 22.3 Å². The van der Waals surface area contributed by atoms with Gasteiger partial charge in [0.05, 0.1) is 16.3 Å². The van der Waals surface area contributed by atoms with Gasteiger partial charge in [-0.15, -0.1) is 0 Å². The van der Waals surface area contributed by atoms with Crippen LogP contribution in [0.2, 0.25) is 5.02 Å². The highest BCUT2D eigenvalue weighted by Gasteiger charge is 2.36. The Bertz CT molecular complexity index is 1330. The quantitative estimate of drug-likeness (QED) is 0.494. The first-order valence-corrected chi connectivity index (χ1v) is 10.5. The number of nitrogens with zero attached hydrogens (tertiary/aromatic N) is 2. The van der Waals surface area contributed by atoms with Crippen molar-refractivity contribution in [2.75, 3.05) is 0 Å². The minimum atomic E-state index is -0.514. The van der Waals surface area contributed by atoms with E-state index in [1.807, 2.05) is 35.7 Å². The Labute approximate surface area is 186 Å². The van der Waals surface area contributed by atoms with E-state index in [4.69, 9.17) is 21.4 Å². The number of carbonyl (C=O) groups excluding carboxylic acids is 1. The van der Waals surface area contributed by atoms with E-state index in [1.54, 1.807) is 23.1 Å². The number of nitrogens with one attached hydrogen (secondary N) is 1. The molecule has 0 fully saturated rings. The molecule has 0 aliphatic carbocycles. The zero-order valence-corrected chi connectivity index (χ0v) is 17.4. The SMILES string of the molecule is N=C1C(=Cc2ccc(-c3ccc(F)c(Cl)c3)o2)C(=O)N=C2SC=C(c3ccccc3)N12. The summed E-state index contributed by atoms with van der Waals surface area (Å²) in [7, 11) is 0. The number of carbonyl (C=O) groups is 1. The van der Waals surface area contributed by atoms with E-state index in [-0.39, 0.29) is 16.4 Å². The van der Waals surface area contributed by atoms with Gasteiger partial charge in [-0.05, 0) is 42.0 Å². The lowest BCUT2D eigenvalue weighted by atomic mass is 10.1. The number of furan rings is 1. The topological polar surface area (TPSA) is 69.7 Å². The Morgan fingerprint density at radius 2 is 1.90 bits per heavy atom. The lowest BCUT2D eigenvalue weighted by Crippen LogP contribution is -2.37. The molecule has 3 heterocycles. The van der Waals surface area contributed by atoms with Gasteiger partial charge in [0.15, 0.2) is 5.17 Å². The summed E-state index contributed by atoms with van der Waals surface area (Å²) < 4.78 is 19.2. The molecule has 0 spiro atoms. The van der Waals surface area contributed by atoms with Gasteiger partial charge in [0.25, 0.3) is 5.91 Å². The molecule has 0 radical (unpaired) electrons. The lowest BCUT2D eigenvalue weighted by molar-refractivity contribution is -0.114. The molecule has 1 N–H and O–H groups in total. The fraction of sp³-hybridized carbons (Fsp3) is 0. The summed E-state index contributed by atoms with van der Waals surface area (Å²) in [5.74, 6) is -0.152. The molecule has 2 aliphatic rings. The van der Waals surface area contributed by atoms with Gasteiger partial charge in [0, 0.05) is 11.0 Å². The van der Waals surface area contributed by atoms with Gasteiger partial charge in [0.2, 0.25) is 0 Å². The summed E-state index contributed by atoms with van der Waals surface area (Å²) in [6, 6.07) is 17.3. The van der Waals surface area contributed by atoms with Gasteiger partial charge in [-0.3, -0.25) is 15.1 Å². The number of thioether (sulfide) groups is 1. The van der Waals surface area contributed by atoms with Gasteiger partial charge in [-0.1, -0.05) is 53.7 Å². The average Bonchev–Trinajstić information content (AvgIpc) is 3.41. The standard InChI is InChI=1S/C23H13ClFN3O2S/c24-17-10-14(6-8-18(17)25)20-9-7-15(30-20)11-16-21(26)28-19(13-4-2-1-3-5-13)12-31-23(28)27-22(16)29/h1-12,26H. The van der Waals surface area contributed by atoms with E-state index in [2.05, 4.69) is 4.99 Å². The zero-order valence-electron chi connectivity index (χ0n) is 15.8. The third-order valence-corrected chi connectivity index (χ3v) is 5.92. The molecular weight excluding hydrogens is 437 g/mol. The summed E-state index contributed by atoms with van der Waals surface area (Å²) in [6.07, 6.45) is 1.49. The van der Waals surface area contributed by atoms with Gasteiger partial charge in [-0.25, -0.2) is 4.39 Å². The molecule has 1 amide bonds. The molecular formula is C23H13ClFN3O2S. The van der Waals surface area contributed by atoms with Gasteiger partial charge < -0.3 is 4.42 Å². The molecule has 2 aromatic carbocycles. The fourth-order valence-electron chi connectivity index (χ4n) is 3.29. The number of amidine groups is 2. The van der Waals surface area contributed by atoms with Crippen LogP contribution in [0.1, 0.15) is 11.3 Å². The lowest BCUT2D eigenvalue weighted by Gasteiger charge is -2.26. The Hall–Kier alpha value is -3.42. The molecule has 31 heavy (non-hydrogen) atoms. The van der Waals surface area contributed by atoms with Gasteiger partial charge >= 0.3 is 0 Å². The number of hydrogen-bond donors (Lipinski definition) is 1. The number of hydrogen-bond acceptors (Lipinski definition) is 4. The summed E-state index contributed by atoms with van der Waals surface area (Å²) >= 11 is 7.16. The first-order chi connectivity index (χ1) is 15.0. The molecule has 5 nitrogen and oxygen atoms in total. The van der Waals surface area contributed by atoms with Crippen molar-refractivity contribution in [3.05, 3.63) is 93.8 Å². The van der Waals surface area contributed by atoms with Crippen LogP contribution < -0.4 is 0 Å². The largest absolute Gasteiger partial charge is 0.457 e. The highest BCUT2D eigenvalue weighted by Crippen LogP contribution is 2.37. The first-order valence-electron chi connectivity index (χ1n) is 9.22. The molecule has 1 aromatic heterocycles. The number of halogens is 2. The van der Waals surface area contributed by atoms with Crippen LogP contribution in [0.25, 0.3) is 23.1 Å². The third kappa shape index (κ3) is 3.52. The number of rotatable bonds is 3. The van der Waals surface area contributed by atoms with Crippen molar-refractivity contribution in [1.82, 2.24) is 4.90 Å². The maximum absolute atomic E-state index is 13.4. The van der Waals surface area contributed by atoms with E-state index in [1.165, 1.54) is 30.0 Å². The predicted octanol–water partition coefficient (Wildman–Crippen LogP) is 6.04. The van der Waals surface area contributed by atoms with E-state index < -0.39 is 11.7 Å². The summed E-state index contributed by atoms with van der Waals surface area (Å²) in [5, 5.41) is 11.0. The van der Waals surface area contributed by atoms with E-state index in [9.17, 15) is 9.18 Å². The molecule has 152 valence electrons. The van der Waals surface area contributed by atoms with Crippen molar-refractivity contribution < 1.29 is 13.6 Å². The Kier molecular flexibility index (Phi) is 4.84. The molecule has 8 heteroatoms. The fourth-order valence-corrected chi connectivity index (χ4v) is 4.36. The third-order valence-electron chi connectivity index (χ3n) is 4.80. The Balaban J connectivity index is 1.48. The maximum Gasteiger partial charge on any atom is 0.283 e. The Morgan fingerprint density at radius 3 is 2.68 bits per heavy atom. The molecule has 0 saturated carbocycles. The normalized spacial score (nSPS) is 17.1. The predicted molar refractivity (Wildman–Crippen MR) is 121 cm³/mol. The second kappa shape index (κ2) is 7.68. The van der Waals surface area contributed by atoms with Crippen LogP contribution in [0.15, 0.2) is 81.1 Å². The molecule has 3 aromatic rings. The molecule has 5 rings (SSSR count). The smallest absolute Gasteiger partial charge is 0.283 e. The number of aliphatic imine (C=N–C) groups is 1. The second-order valence-corrected chi connectivity index (χ2v) is 8.00. The van der Waals surface area contributed by atoms with Crippen LogP contribution in [0.4, 0.5) is 4.39 Å². The molecule has 0 unspecified atom stereocenters.